The minimum atomic E-state index is -3.62. The second-order valence-electron chi connectivity index (χ2n) is 7.39. The summed E-state index contributed by atoms with van der Waals surface area (Å²) in [5.41, 5.74) is 0. The fourth-order valence-corrected chi connectivity index (χ4v) is 5.03. The van der Waals surface area contributed by atoms with Gasteiger partial charge in [-0.2, -0.15) is 4.31 Å². The summed E-state index contributed by atoms with van der Waals surface area (Å²) in [4.78, 5) is 6.67. The minimum absolute atomic E-state index is 0.115. The predicted molar refractivity (Wildman–Crippen MR) is 109 cm³/mol. The van der Waals surface area contributed by atoms with Gasteiger partial charge in [-0.3, -0.25) is 0 Å². The van der Waals surface area contributed by atoms with Crippen molar-refractivity contribution in [1.29, 1.82) is 0 Å². The zero-order valence-electron chi connectivity index (χ0n) is 16.4. The summed E-state index contributed by atoms with van der Waals surface area (Å²) in [6, 6.07) is 8.88. The van der Waals surface area contributed by atoms with E-state index in [1.54, 1.807) is 0 Å². The lowest BCUT2D eigenvalue weighted by Crippen LogP contribution is -2.49. The van der Waals surface area contributed by atoms with Gasteiger partial charge in [0.25, 0.3) is 0 Å². The van der Waals surface area contributed by atoms with Crippen LogP contribution in [0.3, 0.4) is 0 Å². The Balaban J connectivity index is 1.37. The number of rotatable bonds is 4. The van der Waals surface area contributed by atoms with Crippen LogP contribution in [0, 0.1) is 5.82 Å². The molecule has 0 atom stereocenters. The highest BCUT2D eigenvalue weighted by atomic mass is 32.2. The number of benzene rings is 1. The van der Waals surface area contributed by atoms with E-state index < -0.39 is 15.8 Å². The van der Waals surface area contributed by atoms with Crippen LogP contribution < -0.4 is 9.80 Å². The number of piperazine rings is 2. The van der Waals surface area contributed by atoms with Crippen LogP contribution in [0.25, 0.3) is 0 Å². The van der Waals surface area contributed by atoms with Crippen LogP contribution in [-0.4, -0.2) is 87.2 Å². The Bertz CT molecular complexity index is 922. The first-order chi connectivity index (χ1) is 13.9. The van der Waals surface area contributed by atoms with Crippen LogP contribution in [-0.2, 0) is 10.0 Å². The van der Waals surface area contributed by atoms with E-state index in [4.69, 9.17) is 0 Å². The molecule has 29 heavy (non-hydrogen) atoms. The first kappa shape index (κ1) is 20.0. The van der Waals surface area contributed by atoms with E-state index in [0.717, 1.165) is 37.8 Å². The molecular formula is C19H25FN6O2S. The number of halogens is 1. The number of anilines is 2. The summed E-state index contributed by atoms with van der Waals surface area (Å²) in [7, 11) is -1.50. The summed E-state index contributed by atoms with van der Waals surface area (Å²) < 4.78 is 40.0. The quantitative estimate of drug-likeness (QED) is 0.727. The zero-order chi connectivity index (χ0) is 20.4. The van der Waals surface area contributed by atoms with Crippen LogP contribution in [0.2, 0.25) is 0 Å². The van der Waals surface area contributed by atoms with Crippen molar-refractivity contribution in [3.8, 4) is 0 Å². The van der Waals surface area contributed by atoms with Crippen molar-refractivity contribution >= 4 is 21.7 Å². The third kappa shape index (κ3) is 4.34. The third-order valence-electron chi connectivity index (χ3n) is 5.48. The summed E-state index contributed by atoms with van der Waals surface area (Å²) in [6.07, 6.45) is 0. The van der Waals surface area contributed by atoms with Crippen molar-refractivity contribution in [2.75, 3.05) is 69.2 Å². The molecule has 2 aliphatic heterocycles. The van der Waals surface area contributed by atoms with Crippen molar-refractivity contribution in [3.63, 3.8) is 0 Å². The molecule has 0 bridgehead atoms. The van der Waals surface area contributed by atoms with Crippen LogP contribution in [0.15, 0.2) is 41.3 Å². The van der Waals surface area contributed by atoms with Crippen LogP contribution in [0.4, 0.5) is 16.0 Å². The number of sulfonamides is 1. The largest absolute Gasteiger partial charge is 0.353 e. The lowest BCUT2D eigenvalue weighted by Gasteiger charge is -2.35. The predicted octanol–water partition coefficient (Wildman–Crippen LogP) is 0.878. The lowest BCUT2D eigenvalue weighted by atomic mass is 10.3. The highest BCUT2D eigenvalue weighted by Crippen LogP contribution is 2.21. The molecule has 0 saturated carbocycles. The van der Waals surface area contributed by atoms with Gasteiger partial charge in [-0.1, -0.05) is 0 Å². The second kappa shape index (κ2) is 8.21. The van der Waals surface area contributed by atoms with Crippen molar-refractivity contribution in [2.24, 2.45) is 0 Å². The van der Waals surface area contributed by atoms with Gasteiger partial charge in [0.15, 0.2) is 11.6 Å². The summed E-state index contributed by atoms with van der Waals surface area (Å²) in [5, 5.41) is 8.74. The molecule has 10 heteroatoms. The summed E-state index contributed by atoms with van der Waals surface area (Å²) in [6.45, 7) is 5.64. The van der Waals surface area contributed by atoms with Crippen LogP contribution in [0.5, 0.6) is 0 Å². The van der Waals surface area contributed by atoms with E-state index in [1.165, 1.54) is 28.6 Å². The van der Waals surface area contributed by atoms with Crippen LogP contribution >= 0.6 is 0 Å². The maximum atomic E-state index is 13.1. The van der Waals surface area contributed by atoms with E-state index in [1.807, 2.05) is 17.0 Å². The van der Waals surface area contributed by atoms with E-state index >= 15 is 0 Å². The highest BCUT2D eigenvalue weighted by molar-refractivity contribution is 7.89. The molecule has 2 aromatic rings. The third-order valence-corrected chi connectivity index (χ3v) is 7.39. The first-order valence-corrected chi connectivity index (χ1v) is 11.2. The molecule has 0 aliphatic carbocycles. The van der Waals surface area contributed by atoms with Crippen molar-refractivity contribution in [3.05, 3.63) is 42.2 Å². The van der Waals surface area contributed by atoms with Gasteiger partial charge in [0.2, 0.25) is 10.0 Å². The SMILES string of the molecule is CN1CCN(c2ccc(N3CCN(S(=O)(=O)c4ccc(F)cc4)CC3)nn2)CC1. The van der Waals surface area contributed by atoms with Crippen molar-refractivity contribution < 1.29 is 12.8 Å². The van der Waals surface area contributed by atoms with Gasteiger partial charge in [-0.15, -0.1) is 10.2 Å². The Morgan fingerprint density at radius 3 is 1.72 bits per heavy atom. The zero-order valence-corrected chi connectivity index (χ0v) is 17.2. The Labute approximate surface area is 170 Å². The topological polar surface area (TPSA) is 72.9 Å². The number of hydrogen-bond donors (Lipinski definition) is 0. The molecule has 2 fully saturated rings. The highest BCUT2D eigenvalue weighted by Gasteiger charge is 2.29. The van der Waals surface area contributed by atoms with Gasteiger partial charge in [-0.25, -0.2) is 12.8 Å². The maximum Gasteiger partial charge on any atom is 0.243 e. The number of nitrogens with zero attached hydrogens (tertiary/aromatic N) is 6. The van der Waals surface area contributed by atoms with Gasteiger partial charge in [-0.05, 0) is 43.4 Å². The molecule has 156 valence electrons. The summed E-state index contributed by atoms with van der Waals surface area (Å²) >= 11 is 0. The Kier molecular flexibility index (Phi) is 5.66. The monoisotopic (exact) mass is 420 g/mol. The first-order valence-electron chi connectivity index (χ1n) is 9.71. The second-order valence-corrected chi connectivity index (χ2v) is 9.32. The number of hydrogen-bond acceptors (Lipinski definition) is 7. The van der Waals surface area contributed by atoms with Crippen molar-refractivity contribution in [1.82, 2.24) is 19.4 Å². The van der Waals surface area contributed by atoms with Gasteiger partial charge in [0, 0.05) is 52.4 Å². The molecule has 1 aromatic carbocycles. The molecule has 0 unspecified atom stereocenters. The molecule has 1 aromatic heterocycles. The molecule has 0 radical (unpaired) electrons. The summed E-state index contributed by atoms with van der Waals surface area (Å²) in [5.74, 6) is 1.17. The smallest absolute Gasteiger partial charge is 0.243 e. The molecular weight excluding hydrogens is 395 g/mol. The fraction of sp³-hybridized carbons (Fsp3) is 0.474. The number of aromatic nitrogens is 2. The molecule has 0 amide bonds. The Morgan fingerprint density at radius 2 is 1.24 bits per heavy atom. The fourth-order valence-electron chi connectivity index (χ4n) is 3.60. The maximum absolute atomic E-state index is 13.1. The Morgan fingerprint density at radius 1 is 0.759 bits per heavy atom. The van der Waals surface area contributed by atoms with E-state index in [0.29, 0.717) is 26.2 Å². The molecule has 3 heterocycles. The number of likely N-dealkylation sites (N-methyl/N-ethyl adjacent to an activating group) is 1. The van der Waals surface area contributed by atoms with Gasteiger partial charge >= 0.3 is 0 Å². The van der Waals surface area contributed by atoms with Crippen LogP contribution in [0.1, 0.15) is 0 Å². The normalized spacial score (nSPS) is 19.5. The molecule has 4 rings (SSSR count). The van der Waals surface area contributed by atoms with Crippen molar-refractivity contribution in [2.45, 2.75) is 4.90 Å². The molecule has 0 spiro atoms. The van der Waals surface area contributed by atoms with E-state index in [-0.39, 0.29) is 4.90 Å². The molecule has 2 saturated heterocycles. The molecule has 8 nitrogen and oxygen atoms in total. The standard InChI is InChI=1S/C19H25FN6O2S/c1-23-8-10-24(11-9-23)18-6-7-19(22-21-18)25-12-14-26(15-13-25)29(27,28)17-4-2-16(20)3-5-17/h2-7H,8-15H2,1H3. The molecule has 2 aliphatic rings. The van der Waals surface area contributed by atoms with Gasteiger partial charge in [0.1, 0.15) is 5.82 Å². The Hall–Kier alpha value is -2.30. The van der Waals surface area contributed by atoms with Gasteiger partial charge in [0.05, 0.1) is 4.90 Å². The van der Waals surface area contributed by atoms with E-state index in [9.17, 15) is 12.8 Å². The lowest BCUT2D eigenvalue weighted by molar-refractivity contribution is 0.312. The molecule has 0 N–H and O–H groups in total. The minimum Gasteiger partial charge on any atom is -0.353 e. The van der Waals surface area contributed by atoms with E-state index in [2.05, 4.69) is 27.0 Å². The average Bonchev–Trinajstić information content (AvgIpc) is 2.75. The van der Waals surface area contributed by atoms with Gasteiger partial charge < -0.3 is 14.7 Å². The average molecular weight is 421 g/mol.